The van der Waals surface area contributed by atoms with E-state index in [1.807, 2.05) is 0 Å². The van der Waals surface area contributed by atoms with Crippen LogP contribution in [0, 0.1) is 0 Å². The molecule has 1 saturated heterocycles. The predicted octanol–water partition coefficient (Wildman–Crippen LogP) is 0.226. The van der Waals surface area contributed by atoms with E-state index in [0.717, 1.165) is 0 Å². The summed E-state index contributed by atoms with van der Waals surface area (Å²) in [6.45, 7) is 5.38. The van der Waals surface area contributed by atoms with Gasteiger partial charge < -0.3 is 19.5 Å². The molecule has 0 aromatic heterocycles. The Morgan fingerprint density at radius 3 is 2.57 bits per heavy atom. The summed E-state index contributed by atoms with van der Waals surface area (Å²) in [5.41, 5.74) is -0.810. The molecule has 0 aromatic rings. The van der Waals surface area contributed by atoms with Gasteiger partial charge in [0.25, 0.3) is 0 Å². The van der Waals surface area contributed by atoms with Crippen LogP contribution in [0.25, 0.3) is 0 Å². The van der Waals surface area contributed by atoms with E-state index in [1.165, 1.54) is 0 Å². The Balaban J connectivity index is 2.40. The number of nitrogens with zero attached hydrogens (tertiary/aromatic N) is 1. The summed E-state index contributed by atoms with van der Waals surface area (Å²) in [7, 11) is 0. The molecule has 5 heteroatoms. The standard InChI is InChI=1S/C9H17NO4/c1-9(2,7-11)14-8(12)10-3-5-13-6-4-10/h11H,3-7H2,1-2H3. The second-order valence-corrected chi connectivity index (χ2v) is 3.89. The van der Waals surface area contributed by atoms with Crippen molar-refractivity contribution in [2.24, 2.45) is 0 Å². The van der Waals surface area contributed by atoms with Crippen LogP contribution in [-0.4, -0.2) is 54.6 Å². The molecule has 0 saturated carbocycles. The first-order valence-electron chi connectivity index (χ1n) is 4.72. The van der Waals surface area contributed by atoms with Crippen molar-refractivity contribution in [3.8, 4) is 0 Å². The van der Waals surface area contributed by atoms with Gasteiger partial charge in [0.15, 0.2) is 0 Å². The number of aliphatic hydroxyl groups is 1. The number of hydrogen-bond acceptors (Lipinski definition) is 4. The first-order chi connectivity index (χ1) is 6.55. The zero-order chi connectivity index (χ0) is 10.6. The quantitative estimate of drug-likeness (QED) is 0.697. The molecule has 0 radical (unpaired) electrons. The summed E-state index contributed by atoms with van der Waals surface area (Å²) < 4.78 is 10.2. The molecular formula is C9H17NO4. The lowest BCUT2D eigenvalue weighted by Gasteiger charge is -2.30. The highest BCUT2D eigenvalue weighted by atomic mass is 16.6. The van der Waals surface area contributed by atoms with Crippen LogP contribution in [0.15, 0.2) is 0 Å². The molecule has 0 atom stereocenters. The summed E-state index contributed by atoms with van der Waals surface area (Å²) in [6, 6.07) is 0. The fourth-order valence-electron chi connectivity index (χ4n) is 1.08. The molecule has 1 aliphatic rings. The number of hydrogen-bond donors (Lipinski definition) is 1. The van der Waals surface area contributed by atoms with Crippen molar-refractivity contribution in [3.05, 3.63) is 0 Å². The number of carbonyl (C=O) groups is 1. The molecule has 82 valence electrons. The highest BCUT2D eigenvalue weighted by Crippen LogP contribution is 2.11. The summed E-state index contributed by atoms with van der Waals surface area (Å²) in [6.07, 6.45) is -0.382. The second kappa shape index (κ2) is 4.61. The van der Waals surface area contributed by atoms with E-state index in [2.05, 4.69) is 0 Å². The normalized spacial score (nSPS) is 18.1. The molecule has 1 amide bonds. The van der Waals surface area contributed by atoms with Crippen molar-refractivity contribution >= 4 is 6.09 Å². The van der Waals surface area contributed by atoms with E-state index < -0.39 is 5.60 Å². The Morgan fingerprint density at radius 2 is 2.07 bits per heavy atom. The zero-order valence-corrected chi connectivity index (χ0v) is 8.65. The molecular weight excluding hydrogens is 186 g/mol. The lowest BCUT2D eigenvalue weighted by molar-refractivity contribution is -0.0360. The molecule has 1 N–H and O–H groups in total. The summed E-state index contributed by atoms with van der Waals surface area (Å²) >= 11 is 0. The van der Waals surface area contributed by atoms with Gasteiger partial charge in [-0.25, -0.2) is 4.79 Å². The molecule has 1 rings (SSSR count). The topological polar surface area (TPSA) is 59.0 Å². The average molecular weight is 203 g/mol. The first kappa shape index (κ1) is 11.3. The number of rotatable bonds is 2. The van der Waals surface area contributed by atoms with Crippen LogP contribution in [-0.2, 0) is 9.47 Å². The molecule has 0 aliphatic carbocycles. The molecule has 14 heavy (non-hydrogen) atoms. The molecule has 1 fully saturated rings. The van der Waals surface area contributed by atoms with Gasteiger partial charge in [0.05, 0.1) is 19.8 Å². The van der Waals surface area contributed by atoms with E-state index in [9.17, 15) is 4.79 Å². The van der Waals surface area contributed by atoms with Crippen LogP contribution in [0.5, 0.6) is 0 Å². The van der Waals surface area contributed by atoms with E-state index in [0.29, 0.717) is 26.3 Å². The molecule has 0 spiro atoms. The van der Waals surface area contributed by atoms with E-state index in [-0.39, 0.29) is 12.7 Å². The maximum absolute atomic E-state index is 11.5. The van der Waals surface area contributed by atoms with Crippen LogP contribution in [0.1, 0.15) is 13.8 Å². The van der Waals surface area contributed by atoms with Gasteiger partial charge in [-0.2, -0.15) is 0 Å². The summed E-state index contributed by atoms with van der Waals surface area (Å²) in [5, 5.41) is 8.92. The number of aliphatic hydroxyl groups excluding tert-OH is 1. The minimum atomic E-state index is -0.810. The predicted molar refractivity (Wildman–Crippen MR) is 50.0 cm³/mol. The fraction of sp³-hybridized carbons (Fsp3) is 0.889. The highest BCUT2D eigenvalue weighted by Gasteiger charge is 2.26. The van der Waals surface area contributed by atoms with Crippen molar-refractivity contribution in [3.63, 3.8) is 0 Å². The van der Waals surface area contributed by atoms with Crippen LogP contribution in [0.2, 0.25) is 0 Å². The van der Waals surface area contributed by atoms with Gasteiger partial charge in [-0.05, 0) is 13.8 Å². The Bertz CT molecular complexity index is 199. The summed E-state index contributed by atoms with van der Waals surface area (Å²) in [5.74, 6) is 0. The third kappa shape index (κ3) is 3.16. The minimum absolute atomic E-state index is 0.178. The zero-order valence-electron chi connectivity index (χ0n) is 8.65. The minimum Gasteiger partial charge on any atom is -0.441 e. The van der Waals surface area contributed by atoms with Gasteiger partial charge >= 0.3 is 6.09 Å². The average Bonchev–Trinajstić information content (AvgIpc) is 2.19. The maximum atomic E-state index is 11.5. The van der Waals surface area contributed by atoms with E-state index in [4.69, 9.17) is 14.6 Å². The number of amides is 1. The molecule has 1 aliphatic heterocycles. The summed E-state index contributed by atoms with van der Waals surface area (Å²) in [4.78, 5) is 13.1. The van der Waals surface area contributed by atoms with Crippen molar-refractivity contribution in [2.45, 2.75) is 19.4 Å². The van der Waals surface area contributed by atoms with Gasteiger partial charge in [0.2, 0.25) is 0 Å². The van der Waals surface area contributed by atoms with E-state index >= 15 is 0 Å². The van der Waals surface area contributed by atoms with Gasteiger partial charge in [-0.15, -0.1) is 0 Å². The Kier molecular flexibility index (Phi) is 3.71. The maximum Gasteiger partial charge on any atom is 0.410 e. The third-order valence-corrected chi connectivity index (χ3v) is 2.01. The van der Waals surface area contributed by atoms with Crippen LogP contribution >= 0.6 is 0 Å². The number of carbonyl (C=O) groups excluding carboxylic acids is 1. The van der Waals surface area contributed by atoms with E-state index in [1.54, 1.807) is 18.7 Å². The molecule has 0 bridgehead atoms. The van der Waals surface area contributed by atoms with Crippen LogP contribution < -0.4 is 0 Å². The largest absolute Gasteiger partial charge is 0.441 e. The van der Waals surface area contributed by atoms with Crippen LogP contribution in [0.3, 0.4) is 0 Å². The molecule has 5 nitrogen and oxygen atoms in total. The SMILES string of the molecule is CC(C)(CO)OC(=O)N1CCOCC1. The van der Waals surface area contributed by atoms with Gasteiger partial charge in [0.1, 0.15) is 5.60 Å². The molecule has 0 aromatic carbocycles. The monoisotopic (exact) mass is 203 g/mol. The second-order valence-electron chi connectivity index (χ2n) is 3.89. The number of ether oxygens (including phenoxy) is 2. The molecule has 0 unspecified atom stereocenters. The van der Waals surface area contributed by atoms with Crippen molar-refractivity contribution < 1.29 is 19.4 Å². The van der Waals surface area contributed by atoms with Gasteiger partial charge in [-0.1, -0.05) is 0 Å². The van der Waals surface area contributed by atoms with Gasteiger partial charge in [-0.3, -0.25) is 0 Å². The van der Waals surface area contributed by atoms with Crippen molar-refractivity contribution in [2.75, 3.05) is 32.9 Å². The smallest absolute Gasteiger partial charge is 0.410 e. The lowest BCUT2D eigenvalue weighted by atomic mass is 10.2. The Hall–Kier alpha value is -0.810. The Morgan fingerprint density at radius 1 is 1.50 bits per heavy atom. The van der Waals surface area contributed by atoms with Crippen LogP contribution in [0.4, 0.5) is 4.79 Å². The molecule has 1 heterocycles. The number of morpholine rings is 1. The van der Waals surface area contributed by atoms with Crippen molar-refractivity contribution in [1.82, 2.24) is 4.90 Å². The Labute approximate surface area is 83.6 Å². The van der Waals surface area contributed by atoms with Crippen molar-refractivity contribution in [1.29, 1.82) is 0 Å². The third-order valence-electron chi connectivity index (χ3n) is 2.01. The fourth-order valence-corrected chi connectivity index (χ4v) is 1.08. The highest BCUT2D eigenvalue weighted by molar-refractivity contribution is 5.68. The lowest BCUT2D eigenvalue weighted by Crippen LogP contribution is -2.45. The van der Waals surface area contributed by atoms with Gasteiger partial charge in [0, 0.05) is 13.1 Å². The first-order valence-corrected chi connectivity index (χ1v) is 4.72.